The zero-order valence-electron chi connectivity index (χ0n) is 25.3. The summed E-state index contributed by atoms with van der Waals surface area (Å²) in [6.07, 6.45) is 1.47. The van der Waals surface area contributed by atoms with Crippen LogP contribution >= 0.6 is 0 Å². The lowest BCUT2D eigenvalue weighted by Crippen LogP contribution is -2.50. The van der Waals surface area contributed by atoms with Crippen LogP contribution in [0.1, 0.15) is 43.1 Å². The summed E-state index contributed by atoms with van der Waals surface area (Å²) < 4.78 is 11.0. The first-order valence-electron chi connectivity index (χ1n) is 14.8. The number of piperazine rings is 1. The Balaban J connectivity index is 1.35. The number of aromatic amines is 1. The number of ether oxygens (including phenoxy) is 2. The smallest absolute Gasteiger partial charge is 0.253 e. The number of ketones is 1. The monoisotopic (exact) mass is 567 g/mol. The minimum absolute atomic E-state index is 0.0396. The van der Waals surface area contributed by atoms with E-state index in [0.717, 1.165) is 47.4 Å². The number of hydrogen-bond acceptors (Lipinski definition) is 5. The van der Waals surface area contributed by atoms with E-state index in [1.807, 2.05) is 41.3 Å². The molecule has 7 heteroatoms. The van der Waals surface area contributed by atoms with Gasteiger partial charge in [-0.1, -0.05) is 39.0 Å². The molecule has 1 aliphatic heterocycles. The van der Waals surface area contributed by atoms with E-state index in [0.29, 0.717) is 49.0 Å². The van der Waals surface area contributed by atoms with E-state index in [1.54, 1.807) is 14.2 Å². The second-order valence-electron chi connectivity index (χ2n) is 11.4. The molecule has 1 aromatic heterocycles. The largest absolute Gasteiger partial charge is 0.493 e. The number of carbonyl (C=O) groups is 2. The van der Waals surface area contributed by atoms with Crippen molar-refractivity contribution in [2.24, 2.45) is 5.92 Å². The number of benzene rings is 3. The van der Waals surface area contributed by atoms with Crippen LogP contribution in [0.4, 0.5) is 0 Å². The highest BCUT2D eigenvalue weighted by molar-refractivity contribution is 5.97. The molecule has 1 saturated heterocycles. The lowest BCUT2D eigenvalue weighted by molar-refractivity contribution is -0.121. The van der Waals surface area contributed by atoms with E-state index in [2.05, 4.69) is 54.9 Å². The van der Waals surface area contributed by atoms with Gasteiger partial charge in [-0.3, -0.25) is 14.5 Å². The Morgan fingerprint density at radius 2 is 1.57 bits per heavy atom. The van der Waals surface area contributed by atoms with Crippen molar-refractivity contribution < 1.29 is 19.1 Å². The summed E-state index contributed by atoms with van der Waals surface area (Å²) in [5.41, 5.74) is 7.18. The summed E-state index contributed by atoms with van der Waals surface area (Å²) in [6.45, 7) is 9.49. The van der Waals surface area contributed by atoms with Crippen LogP contribution in [0, 0.1) is 5.92 Å². The summed E-state index contributed by atoms with van der Waals surface area (Å²) in [5.74, 6) is 2.08. The van der Waals surface area contributed by atoms with Crippen molar-refractivity contribution in [3.63, 3.8) is 0 Å². The fraction of sp³-hybridized carbons (Fsp3) is 0.371. The van der Waals surface area contributed by atoms with Crippen LogP contribution < -0.4 is 9.47 Å². The molecular weight excluding hydrogens is 526 g/mol. The summed E-state index contributed by atoms with van der Waals surface area (Å²) in [4.78, 5) is 33.4. The van der Waals surface area contributed by atoms with Crippen molar-refractivity contribution >= 4 is 22.6 Å². The number of nitrogens with zero attached hydrogens (tertiary/aromatic N) is 2. The first-order chi connectivity index (χ1) is 20.3. The number of methoxy groups -OCH3 is 2. The predicted molar refractivity (Wildman–Crippen MR) is 168 cm³/mol. The van der Waals surface area contributed by atoms with E-state index >= 15 is 0 Å². The standard InChI is InChI=1S/C35H41N3O4/c1-6-29-30-20-25(10-12-31(30)36-34(29)26-11-13-32(41-4)33(21-26)42-5)24-8-7-9-27(19-24)35(40)38-16-14-37(15-17-38)22-28(39)18-23(2)3/h7-13,19-21,23,36H,6,14-18,22H2,1-5H3. The summed E-state index contributed by atoms with van der Waals surface area (Å²) in [7, 11) is 3.29. The Hall–Kier alpha value is -4.10. The molecule has 1 fully saturated rings. The van der Waals surface area contributed by atoms with Crippen LogP contribution in [0.3, 0.4) is 0 Å². The fourth-order valence-corrected chi connectivity index (χ4v) is 5.93. The van der Waals surface area contributed by atoms with Crippen molar-refractivity contribution in [1.82, 2.24) is 14.8 Å². The molecule has 0 saturated carbocycles. The average molecular weight is 568 g/mol. The Labute approximate surface area is 248 Å². The van der Waals surface area contributed by atoms with Crippen LogP contribution in [0.25, 0.3) is 33.3 Å². The van der Waals surface area contributed by atoms with Crippen molar-refractivity contribution in [2.75, 3.05) is 46.9 Å². The van der Waals surface area contributed by atoms with Crippen molar-refractivity contribution in [2.45, 2.75) is 33.6 Å². The number of Topliss-reactive ketones (excluding diaryl/α,β-unsaturated/α-hetero) is 1. The van der Waals surface area contributed by atoms with Gasteiger partial charge in [0.25, 0.3) is 5.91 Å². The third kappa shape index (κ3) is 6.21. The van der Waals surface area contributed by atoms with E-state index in [4.69, 9.17) is 9.47 Å². The van der Waals surface area contributed by atoms with Crippen molar-refractivity contribution in [3.8, 4) is 33.9 Å². The highest BCUT2D eigenvalue weighted by Gasteiger charge is 2.24. The van der Waals surface area contributed by atoms with Gasteiger partial charge in [0.1, 0.15) is 5.78 Å². The van der Waals surface area contributed by atoms with Crippen LogP contribution in [0.15, 0.2) is 60.7 Å². The molecule has 3 aromatic carbocycles. The number of aromatic nitrogens is 1. The number of carbonyl (C=O) groups excluding carboxylic acids is 2. The maximum absolute atomic E-state index is 13.4. The number of fused-ring (bicyclic) bond motifs is 1. The maximum Gasteiger partial charge on any atom is 0.253 e. The summed E-state index contributed by atoms with van der Waals surface area (Å²) in [6, 6.07) is 20.3. The highest BCUT2D eigenvalue weighted by Crippen LogP contribution is 2.37. The van der Waals surface area contributed by atoms with Crippen molar-refractivity contribution in [1.29, 1.82) is 0 Å². The third-order valence-corrected chi connectivity index (χ3v) is 8.07. The van der Waals surface area contributed by atoms with Gasteiger partial charge in [0.05, 0.1) is 20.8 Å². The summed E-state index contributed by atoms with van der Waals surface area (Å²) in [5, 5.41) is 1.17. The number of H-pyrrole nitrogens is 1. The quantitative estimate of drug-likeness (QED) is 0.238. The van der Waals surface area contributed by atoms with Gasteiger partial charge in [-0.25, -0.2) is 0 Å². The summed E-state index contributed by atoms with van der Waals surface area (Å²) >= 11 is 0. The van der Waals surface area contributed by atoms with Crippen molar-refractivity contribution in [3.05, 3.63) is 71.8 Å². The highest BCUT2D eigenvalue weighted by atomic mass is 16.5. The number of rotatable bonds is 10. The normalized spacial score (nSPS) is 14.0. The Morgan fingerprint density at radius 3 is 2.26 bits per heavy atom. The molecule has 1 amide bonds. The maximum atomic E-state index is 13.4. The van der Waals surface area contributed by atoms with Gasteiger partial charge in [-0.15, -0.1) is 0 Å². The molecule has 4 aromatic rings. The SMILES string of the molecule is CCc1c(-c2ccc(OC)c(OC)c2)[nH]c2ccc(-c3cccc(C(=O)N4CCN(CC(=O)CC(C)C)CC4)c3)cc12. The number of amides is 1. The third-order valence-electron chi connectivity index (χ3n) is 8.07. The molecule has 1 aliphatic rings. The topological polar surface area (TPSA) is 74.9 Å². The fourth-order valence-electron chi connectivity index (χ4n) is 5.93. The van der Waals surface area contributed by atoms with Crippen LogP contribution in [0.5, 0.6) is 11.5 Å². The lowest BCUT2D eigenvalue weighted by Gasteiger charge is -2.34. The molecule has 220 valence electrons. The van der Waals surface area contributed by atoms with Gasteiger partial charge < -0.3 is 19.4 Å². The first kappa shape index (κ1) is 29.4. The van der Waals surface area contributed by atoms with Crippen LogP contribution in [-0.4, -0.2) is 73.4 Å². The van der Waals surface area contributed by atoms with Crippen LogP contribution in [-0.2, 0) is 11.2 Å². The number of hydrogen-bond donors (Lipinski definition) is 1. The Bertz CT molecular complexity index is 1580. The van der Waals surface area contributed by atoms with Gasteiger partial charge in [0.2, 0.25) is 0 Å². The van der Waals surface area contributed by atoms with Gasteiger partial charge in [-0.05, 0) is 71.5 Å². The molecule has 7 nitrogen and oxygen atoms in total. The van der Waals surface area contributed by atoms with Gasteiger partial charge in [0, 0.05) is 60.3 Å². The molecule has 0 atom stereocenters. The van der Waals surface area contributed by atoms with E-state index < -0.39 is 0 Å². The van der Waals surface area contributed by atoms with E-state index in [-0.39, 0.29) is 11.7 Å². The molecule has 0 unspecified atom stereocenters. The van der Waals surface area contributed by atoms with Gasteiger partial charge in [-0.2, -0.15) is 0 Å². The van der Waals surface area contributed by atoms with Gasteiger partial charge >= 0.3 is 0 Å². The Morgan fingerprint density at radius 1 is 0.857 bits per heavy atom. The molecular formula is C35H41N3O4. The van der Waals surface area contributed by atoms with Crippen LogP contribution in [0.2, 0.25) is 0 Å². The van der Waals surface area contributed by atoms with E-state index in [9.17, 15) is 9.59 Å². The van der Waals surface area contributed by atoms with E-state index in [1.165, 1.54) is 10.9 Å². The zero-order valence-corrected chi connectivity index (χ0v) is 25.3. The molecule has 2 heterocycles. The lowest BCUT2D eigenvalue weighted by atomic mass is 9.98. The molecule has 0 bridgehead atoms. The molecule has 0 aliphatic carbocycles. The van der Waals surface area contributed by atoms with Gasteiger partial charge in [0.15, 0.2) is 11.5 Å². The molecule has 5 rings (SSSR count). The Kier molecular flexibility index (Phi) is 8.97. The molecule has 0 spiro atoms. The molecule has 42 heavy (non-hydrogen) atoms. The minimum Gasteiger partial charge on any atom is -0.493 e. The second-order valence-corrected chi connectivity index (χ2v) is 11.4. The number of nitrogens with one attached hydrogen (secondary N) is 1. The number of aryl methyl sites for hydroxylation is 1. The predicted octanol–water partition coefficient (Wildman–Crippen LogP) is 6.45. The molecule has 0 radical (unpaired) electrons. The zero-order chi connectivity index (χ0) is 29.8. The average Bonchev–Trinajstić information content (AvgIpc) is 3.38. The first-order valence-corrected chi connectivity index (χ1v) is 14.8. The second kappa shape index (κ2) is 12.8. The molecule has 1 N–H and O–H groups in total. The minimum atomic E-state index is 0.0396.